The number of ether oxygens (including phenoxy) is 1. The molecule has 1 atom stereocenters. The molecule has 1 aromatic carbocycles. The van der Waals surface area contributed by atoms with Crippen LogP contribution >= 0.6 is 11.3 Å². The Morgan fingerprint density at radius 2 is 2.17 bits per heavy atom. The van der Waals surface area contributed by atoms with Gasteiger partial charge in [-0.3, -0.25) is 0 Å². The third kappa shape index (κ3) is 2.15. The number of benzene rings is 1. The van der Waals surface area contributed by atoms with E-state index in [4.69, 9.17) is 10.00 Å². The van der Waals surface area contributed by atoms with E-state index < -0.39 is 0 Å². The maximum Gasteiger partial charge on any atom is 0.122 e. The largest absolute Gasteiger partial charge is 0.371 e. The molecule has 1 unspecified atom stereocenters. The van der Waals surface area contributed by atoms with Crippen molar-refractivity contribution in [1.29, 1.82) is 5.26 Å². The molecule has 3 rings (SSSR count). The van der Waals surface area contributed by atoms with Crippen LogP contribution in [0.5, 0.6) is 0 Å². The highest BCUT2D eigenvalue weighted by molar-refractivity contribution is 7.10. The highest BCUT2D eigenvalue weighted by Gasteiger charge is 2.21. The first-order chi connectivity index (χ1) is 8.86. The van der Waals surface area contributed by atoms with Gasteiger partial charge in [0.25, 0.3) is 0 Å². The highest BCUT2D eigenvalue weighted by Crippen LogP contribution is 2.33. The lowest BCUT2D eigenvalue weighted by atomic mass is 10.1. The van der Waals surface area contributed by atoms with E-state index in [1.54, 1.807) is 11.3 Å². The summed E-state index contributed by atoms with van der Waals surface area (Å²) in [6.45, 7) is 0.844. The molecule has 1 fully saturated rings. The third-order valence-electron chi connectivity index (χ3n) is 3.04. The third-order valence-corrected chi connectivity index (χ3v) is 3.97. The van der Waals surface area contributed by atoms with E-state index in [0.717, 1.165) is 35.7 Å². The molecule has 4 heteroatoms. The average molecular weight is 256 g/mol. The van der Waals surface area contributed by atoms with E-state index in [-0.39, 0.29) is 6.10 Å². The van der Waals surface area contributed by atoms with Gasteiger partial charge in [-0.15, -0.1) is 11.3 Å². The SMILES string of the molecule is N#Cc1ccc(-c2csc(C3CCCO3)n2)cc1. The zero-order valence-corrected chi connectivity index (χ0v) is 10.6. The minimum Gasteiger partial charge on any atom is -0.371 e. The number of nitrogens with zero attached hydrogens (tertiary/aromatic N) is 2. The van der Waals surface area contributed by atoms with E-state index in [2.05, 4.69) is 16.4 Å². The van der Waals surface area contributed by atoms with Crippen molar-refractivity contribution in [3.05, 3.63) is 40.2 Å². The van der Waals surface area contributed by atoms with Gasteiger partial charge in [-0.25, -0.2) is 4.98 Å². The van der Waals surface area contributed by atoms with Crippen LogP contribution < -0.4 is 0 Å². The monoisotopic (exact) mass is 256 g/mol. The Balaban J connectivity index is 1.85. The Hall–Kier alpha value is -1.70. The fraction of sp³-hybridized carbons (Fsp3) is 0.286. The molecule has 90 valence electrons. The van der Waals surface area contributed by atoms with E-state index in [1.807, 2.05) is 24.3 Å². The molecule has 1 aliphatic rings. The molecule has 3 nitrogen and oxygen atoms in total. The summed E-state index contributed by atoms with van der Waals surface area (Å²) < 4.78 is 5.63. The van der Waals surface area contributed by atoms with E-state index in [9.17, 15) is 0 Å². The normalized spacial score (nSPS) is 18.7. The first kappa shape index (κ1) is 11.4. The van der Waals surface area contributed by atoms with Crippen molar-refractivity contribution in [3.63, 3.8) is 0 Å². The quantitative estimate of drug-likeness (QED) is 0.825. The van der Waals surface area contributed by atoms with E-state index in [1.165, 1.54) is 0 Å². The maximum atomic E-state index is 8.77. The molecule has 0 aliphatic carbocycles. The Kier molecular flexibility index (Phi) is 3.09. The predicted molar refractivity (Wildman–Crippen MR) is 70.2 cm³/mol. The lowest BCUT2D eigenvalue weighted by molar-refractivity contribution is 0.112. The van der Waals surface area contributed by atoms with Crippen molar-refractivity contribution in [2.24, 2.45) is 0 Å². The molecule has 0 amide bonds. The van der Waals surface area contributed by atoms with Crippen LogP contribution in [0.3, 0.4) is 0 Å². The molecule has 1 saturated heterocycles. The Morgan fingerprint density at radius 3 is 2.83 bits per heavy atom. The first-order valence-electron chi connectivity index (χ1n) is 5.94. The summed E-state index contributed by atoms with van der Waals surface area (Å²) in [5, 5.41) is 11.9. The molecule has 0 spiro atoms. The number of hydrogen-bond donors (Lipinski definition) is 0. The van der Waals surface area contributed by atoms with Crippen LogP contribution in [-0.4, -0.2) is 11.6 Å². The Labute approximate surface area is 110 Å². The second-order valence-corrected chi connectivity index (χ2v) is 5.15. The maximum absolute atomic E-state index is 8.77. The summed E-state index contributed by atoms with van der Waals surface area (Å²) in [5.74, 6) is 0. The zero-order valence-electron chi connectivity index (χ0n) is 9.80. The molecular weight excluding hydrogens is 244 g/mol. The van der Waals surface area contributed by atoms with Crippen molar-refractivity contribution in [2.45, 2.75) is 18.9 Å². The number of hydrogen-bond acceptors (Lipinski definition) is 4. The fourth-order valence-corrected chi connectivity index (χ4v) is 2.97. The molecule has 0 N–H and O–H groups in total. The molecule has 2 heterocycles. The van der Waals surface area contributed by atoms with Crippen molar-refractivity contribution >= 4 is 11.3 Å². The summed E-state index contributed by atoms with van der Waals surface area (Å²) in [6.07, 6.45) is 2.37. The molecule has 0 saturated carbocycles. The topological polar surface area (TPSA) is 45.9 Å². The van der Waals surface area contributed by atoms with Crippen LogP contribution in [0, 0.1) is 11.3 Å². The van der Waals surface area contributed by atoms with Gasteiger partial charge >= 0.3 is 0 Å². The predicted octanol–water partition coefficient (Wildman–Crippen LogP) is 3.53. The van der Waals surface area contributed by atoms with Crippen LogP contribution in [-0.2, 0) is 4.74 Å². The second kappa shape index (κ2) is 4.89. The fourth-order valence-electron chi connectivity index (χ4n) is 2.06. The van der Waals surface area contributed by atoms with Crippen LogP contribution in [0.15, 0.2) is 29.6 Å². The van der Waals surface area contributed by atoms with Crippen LogP contribution in [0.2, 0.25) is 0 Å². The van der Waals surface area contributed by atoms with Gasteiger partial charge in [0.1, 0.15) is 11.1 Å². The molecule has 0 radical (unpaired) electrons. The van der Waals surface area contributed by atoms with Gasteiger partial charge in [0, 0.05) is 17.6 Å². The minimum absolute atomic E-state index is 0.183. The van der Waals surface area contributed by atoms with Gasteiger partial charge < -0.3 is 4.74 Å². The lowest BCUT2D eigenvalue weighted by Crippen LogP contribution is -1.94. The molecule has 1 aliphatic heterocycles. The summed E-state index contributed by atoms with van der Waals surface area (Å²) in [5.41, 5.74) is 2.69. The van der Waals surface area contributed by atoms with Crippen molar-refractivity contribution in [1.82, 2.24) is 4.98 Å². The molecule has 18 heavy (non-hydrogen) atoms. The molecular formula is C14H12N2OS. The number of nitriles is 1. The number of thiazole rings is 1. The number of rotatable bonds is 2. The molecule has 0 bridgehead atoms. The van der Waals surface area contributed by atoms with Crippen LogP contribution in [0.25, 0.3) is 11.3 Å². The zero-order chi connectivity index (χ0) is 12.4. The van der Waals surface area contributed by atoms with Crippen molar-refractivity contribution in [2.75, 3.05) is 6.61 Å². The van der Waals surface area contributed by atoms with Crippen molar-refractivity contribution in [3.8, 4) is 17.3 Å². The van der Waals surface area contributed by atoms with E-state index >= 15 is 0 Å². The minimum atomic E-state index is 0.183. The van der Waals surface area contributed by atoms with Crippen LogP contribution in [0.4, 0.5) is 0 Å². The average Bonchev–Trinajstić information content (AvgIpc) is 3.09. The lowest BCUT2D eigenvalue weighted by Gasteiger charge is -2.03. The van der Waals surface area contributed by atoms with Gasteiger partial charge in [-0.2, -0.15) is 5.26 Å². The first-order valence-corrected chi connectivity index (χ1v) is 6.82. The summed E-state index contributed by atoms with van der Waals surface area (Å²) >= 11 is 1.65. The van der Waals surface area contributed by atoms with Gasteiger partial charge in [-0.1, -0.05) is 12.1 Å². The van der Waals surface area contributed by atoms with E-state index in [0.29, 0.717) is 5.56 Å². The van der Waals surface area contributed by atoms with Gasteiger partial charge in [-0.05, 0) is 25.0 Å². The molecule has 2 aromatic rings. The van der Waals surface area contributed by atoms with Gasteiger partial charge in [0.15, 0.2) is 0 Å². The highest BCUT2D eigenvalue weighted by atomic mass is 32.1. The van der Waals surface area contributed by atoms with Crippen LogP contribution in [0.1, 0.15) is 29.5 Å². The van der Waals surface area contributed by atoms with Crippen molar-refractivity contribution < 1.29 is 4.74 Å². The standard InChI is InChI=1S/C14H12N2OS/c15-8-10-3-5-11(6-4-10)12-9-18-14(16-12)13-2-1-7-17-13/h3-6,9,13H,1-2,7H2. The number of aromatic nitrogens is 1. The second-order valence-electron chi connectivity index (χ2n) is 4.26. The summed E-state index contributed by atoms with van der Waals surface area (Å²) in [7, 11) is 0. The molecule has 1 aromatic heterocycles. The van der Waals surface area contributed by atoms with Gasteiger partial charge in [0.05, 0.1) is 17.3 Å². The Morgan fingerprint density at radius 1 is 1.33 bits per heavy atom. The van der Waals surface area contributed by atoms with Gasteiger partial charge in [0.2, 0.25) is 0 Å². The summed E-state index contributed by atoms with van der Waals surface area (Å²) in [6, 6.07) is 9.63. The Bertz CT molecular complexity index is 577. The summed E-state index contributed by atoms with van der Waals surface area (Å²) in [4.78, 5) is 4.63. The smallest absolute Gasteiger partial charge is 0.122 e.